The molecule has 0 saturated heterocycles. The smallest absolute Gasteiger partial charge is 0.421 e. The van der Waals surface area contributed by atoms with E-state index in [0.29, 0.717) is 11.7 Å². The van der Waals surface area contributed by atoms with Gasteiger partial charge in [-0.2, -0.15) is 0 Å². The zero-order valence-electron chi connectivity index (χ0n) is 9.40. The van der Waals surface area contributed by atoms with Crippen LogP contribution in [0.5, 0.6) is 5.75 Å². The van der Waals surface area contributed by atoms with E-state index in [2.05, 4.69) is 24.5 Å². The highest BCUT2D eigenvalue weighted by Crippen LogP contribution is 2.18. The molecule has 3 nitrogen and oxygen atoms in total. The second-order valence-corrected chi connectivity index (χ2v) is 3.57. The van der Waals surface area contributed by atoms with Crippen LogP contribution in [0.3, 0.4) is 0 Å². The van der Waals surface area contributed by atoms with Crippen LogP contribution < -0.4 is 4.74 Å². The first kappa shape index (κ1) is 12.1. The molecule has 1 aromatic rings. The molecule has 1 rings (SSSR count). The summed E-state index contributed by atoms with van der Waals surface area (Å²) in [5, 5.41) is 0. The van der Waals surface area contributed by atoms with Gasteiger partial charge in [0.1, 0.15) is 5.75 Å². The molecule has 0 fully saturated rings. The van der Waals surface area contributed by atoms with Crippen molar-refractivity contribution in [1.82, 2.24) is 0 Å². The number of ether oxygens (including phenoxy) is 2. The molecule has 0 radical (unpaired) electrons. The Kier molecular flexibility index (Phi) is 4.41. The Bertz CT molecular complexity index is 385. The fourth-order valence-corrected chi connectivity index (χ4v) is 1.15. The Morgan fingerprint density at radius 1 is 1.38 bits per heavy atom. The molecule has 0 atom stereocenters. The van der Waals surface area contributed by atoms with Gasteiger partial charge in [0.2, 0.25) is 0 Å². The second kappa shape index (κ2) is 5.82. The number of hydrogen-bond acceptors (Lipinski definition) is 3. The van der Waals surface area contributed by atoms with Crippen molar-refractivity contribution in [3.63, 3.8) is 0 Å². The molecule has 0 heterocycles. The van der Waals surface area contributed by atoms with E-state index in [4.69, 9.17) is 11.2 Å². The van der Waals surface area contributed by atoms with Gasteiger partial charge in [-0.05, 0) is 23.6 Å². The molecule has 0 N–H and O–H groups in total. The normalized spacial score (nSPS) is 9.62. The summed E-state index contributed by atoms with van der Waals surface area (Å²) < 4.78 is 9.47. The number of terminal acetylenes is 1. The van der Waals surface area contributed by atoms with Crippen LogP contribution in [0, 0.1) is 12.3 Å². The Morgan fingerprint density at radius 3 is 2.50 bits per heavy atom. The average molecular weight is 218 g/mol. The van der Waals surface area contributed by atoms with Gasteiger partial charge in [-0.3, -0.25) is 0 Å². The Labute approximate surface area is 95.4 Å². The summed E-state index contributed by atoms with van der Waals surface area (Å²) in [5.41, 5.74) is 1.18. The van der Waals surface area contributed by atoms with Crippen molar-refractivity contribution in [3.8, 4) is 18.1 Å². The number of hydrogen-bond donors (Lipinski definition) is 0. The topological polar surface area (TPSA) is 35.5 Å². The number of carbonyl (C=O) groups is 1. The van der Waals surface area contributed by atoms with Crippen molar-refractivity contribution < 1.29 is 14.3 Å². The van der Waals surface area contributed by atoms with Crippen LogP contribution in [0.25, 0.3) is 0 Å². The van der Waals surface area contributed by atoms with Crippen LogP contribution in [0.1, 0.15) is 25.3 Å². The van der Waals surface area contributed by atoms with Crippen LogP contribution in [0.2, 0.25) is 0 Å². The second-order valence-electron chi connectivity index (χ2n) is 3.57. The Morgan fingerprint density at radius 2 is 2.00 bits per heavy atom. The van der Waals surface area contributed by atoms with Gasteiger partial charge in [0.15, 0.2) is 6.61 Å². The predicted octanol–water partition coefficient (Wildman–Crippen LogP) is 2.96. The lowest BCUT2D eigenvalue weighted by molar-refractivity contribution is 0.111. The molecular weight excluding hydrogens is 204 g/mol. The average Bonchev–Trinajstić information content (AvgIpc) is 2.27. The molecule has 0 aromatic heterocycles. The highest BCUT2D eigenvalue weighted by atomic mass is 16.7. The first-order chi connectivity index (χ1) is 7.63. The lowest BCUT2D eigenvalue weighted by Gasteiger charge is -2.07. The molecule has 84 valence electrons. The molecular formula is C13H14O3. The van der Waals surface area contributed by atoms with E-state index in [9.17, 15) is 4.79 Å². The van der Waals surface area contributed by atoms with Gasteiger partial charge >= 0.3 is 6.16 Å². The number of benzene rings is 1. The monoisotopic (exact) mass is 218 g/mol. The highest BCUT2D eigenvalue weighted by Gasteiger charge is 2.05. The van der Waals surface area contributed by atoms with Crippen molar-refractivity contribution in [3.05, 3.63) is 29.8 Å². The first-order valence-corrected chi connectivity index (χ1v) is 5.01. The Hall–Kier alpha value is -1.95. The summed E-state index contributed by atoms with van der Waals surface area (Å²) in [5.74, 6) is 3.08. The van der Waals surface area contributed by atoms with E-state index in [1.807, 2.05) is 12.1 Å². The third kappa shape index (κ3) is 3.66. The van der Waals surface area contributed by atoms with Gasteiger partial charge in [-0.25, -0.2) is 4.79 Å². The van der Waals surface area contributed by atoms with Crippen molar-refractivity contribution in [1.29, 1.82) is 0 Å². The summed E-state index contributed by atoms with van der Waals surface area (Å²) in [4.78, 5) is 11.1. The minimum Gasteiger partial charge on any atom is -0.421 e. The van der Waals surface area contributed by atoms with Gasteiger partial charge in [0.25, 0.3) is 0 Å². The molecule has 0 unspecified atom stereocenters. The van der Waals surface area contributed by atoms with Crippen LogP contribution >= 0.6 is 0 Å². The molecule has 0 amide bonds. The van der Waals surface area contributed by atoms with E-state index in [1.54, 1.807) is 12.1 Å². The van der Waals surface area contributed by atoms with E-state index in [-0.39, 0.29) is 6.61 Å². The molecule has 3 heteroatoms. The van der Waals surface area contributed by atoms with E-state index < -0.39 is 6.16 Å². The van der Waals surface area contributed by atoms with E-state index in [1.165, 1.54) is 5.56 Å². The van der Waals surface area contributed by atoms with Crippen molar-refractivity contribution in [2.24, 2.45) is 0 Å². The number of rotatable bonds is 3. The molecule has 1 aromatic carbocycles. The predicted molar refractivity (Wildman–Crippen MR) is 61.3 cm³/mol. The largest absolute Gasteiger partial charge is 0.514 e. The van der Waals surface area contributed by atoms with Crippen LogP contribution in [0.15, 0.2) is 24.3 Å². The molecule has 0 aliphatic rings. The van der Waals surface area contributed by atoms with Crippen molar-refractivity contribution in [2.45, 2.75) is 19.8 Å². The lowest BCUT2D eigenvalue weighted by Crippen LogP contribution is -2.10. The fourth-order valence-electron chi connectivity index (χ4n) is 1.15. The van der Waals surface area contributed by atoms with E-state index >= 15 is 0 Å². The molecule has 0 aliphatic heterocycles. The lowest BCUT2D eigenvalue weighted by atomic mass is 10.0. The van der Waals surface area contributed by atoms with E-state index in [0.717, 1.165) is 0 Å². The quantitative estimate of drug-likeness (QED) is 0.444. The van der Waals surface area contributed by atoms with Crippen LogP contribution in [-0.4, -0.2) is 12.8 Å². The van der Waals surface area contributed by atoms with Crippen molar-refractivity contribution >= 4 is 6.16 Å². The zero-order valence-corrected chi connectivity index (χ0v) is 9.40. The molecule has 0 bridgehead atoms. The number of carbonyl (C=O) groups excluding carboxylic acids is 1. The maximum absolute atomic E-state index is 11.1. The SMILES string of the molecule is C#CCOC(=O)Oc1ccc(C(C)C)cc1. The molecule has 0 spiro atoms. The highest BCUT2D eigenvalue weighted by molar-refractivity contribution is 5.63. The summed E-state index contributed by atoms with van der Waals surface area (Å²) >= 11 is 0. The van der Waals surface area contributed by atoms with Gasteiger partial charge in [-0.15, -0.1) is 6.42 Å². The van der Waals surface area contributed by atoms with Gasteiger partial charge in [0.05, 0.1) is 0 Å². The third-order valence-electron chi connectivity index (χ3n) is 2.02. The van der Waals surface area contributed by atoms with Crippen LogP contribution in [-0.2, 0) is 4.74 Å². The van der Waals surface area contributed by atoms with Gasteiger partial charge in [-0.1, -0.05) is 31.9 Å². The van der Waals surface area contributed by atoms with Gasteiger partial charge in [0, 0.05) is 0 Å². The summed E-state index contributed by atoms with van der Waals surface area (Å²) in [6, 6.07) is 7.28. The van der Waals surface area contributed by atoms with Gasteiger partial charge < -0.3 is 9.47 Å². The fraction of sp³-hybridized carbons (Fsp3) is 0.308. The first-order valence-electron chi connectivity index (χ1n) is 5.01. The maximum atomic E-state index is 11.1. The standard InChI is InChI=1S/C13H14O3/c1-4-9-15-13(14)16-12-7-5-11(6-8-12)10(2)3/h1,5-8,10H,9H2,2-3H3. The van der Waals surface area contributed by atoms with Crippen molar-refractivity contribution in [2.75, 3.05) is 6.61 Å². The summed E-state index contributed by atoms with van der Waals surface area (Å²) in [6.45, 7) is 4.11. The minimum absolute atomic E-state index is 0.0804. The Balaban J connectivity index is 2.55. The molecule has 16 heavy (non-hydrogen) atoms. The molecule has 0 saturated carbocycles. The van der Waals surface area contributed by atoms with Crippen LogP contribution in [0.4, 0.5) is 4.79 Å². The molecule has 0 aliphatic carbocycles. The zero-order chi connectivity index (χ0) is 12.0. The maximum Gasteiger partial charge on any atom is 0.514 e. The third-order valence-corrected chi connectivity index (χ3v) is 2.02. The minimum atomic E-state index is -0.782. The summed E-state index contributed by atoms with van der Waals surface area (Å²) in [6.07, 6.45) is 4.16. The summed E-state index contributed by atoms with van der Waals surface area (Å²) in [7, 11) is 0.